The Hall–Kier alpha value is -3.01. The summed E-state index contributed by atoms with van der Waals surface area (Å²) in [5, 5.41) is 0. The maximum absolute atomic E-state index is 12.1. The molecule has 4 nitrogen and oxygen atoms in total. The van der Waals surface area contributed by atoms with Crippen LogP contribution < -0.4 is 4.74 Å². The van der Waals surface area contributed by atoms with Crippen LogP contribution in [-0.4, -0.2) is 15.9 Å². The predicted octanol–water partition coefficient (Wildman–Crippen LogP) is 8.06. The van der Waals surface area contributed by atoms with E-state index < -0.39 is 0 Å². The third kappa shape index (κ3) is 8.09. The molecular formula is C30H38N2O2. The van der Waals surface area contributed by atoms with Gasteiger partial charge in [0.05, 0.1) is 0 Å². The monoisotopic (exact) mass is 458 g/mol. The molecule has 1 atom stereocenters. The zero-order chi connectivity index (χ0) is 24.2. The molecule has 0 amide bonds. The fraction of sp³-hybridized carbons (Fsp3) is 0.433. The number of benzene rings is 2. The van der Waals surface area contributed by atoms with E-state index in [4.69, 9.17) is 4.74 Å². The molecule has 4 heteroatoms. The van der Waals surface area contributed by atoms with Crippen LogP contribution in [0.3, 0.4) is 0 Å². The van der Waals surface area contributed by atoms with Crippen molar-refractivity contribution in [2.24, 2.45) is 5.92 Å². The molecule has 180 valence electrons. The van der Waals surface area contributed by atoms with Gasteiger partial charge in [0.25, 0.3) is 0 Å². The number of carbonyl (C=O) groups excluding carboxylic acids is 1. The zero-order valence-electron chi connectivity index (χ0n) is 20.9. The summed E-state index contributed by atoms with van der Waals surface area (Å²) in [5.41, 5.74) is 4.30. The van der Waals surface area contributed by atoms with E-state index in [-0.39, 0.29) is 5.97 Å². The molecule has 0 saturated heterocycles. The number of nitrogens with zero attached hydrogens (tertiary/aromatic N) is 2. The van der Waals surface area contributed by atoms with Crippen LogP contribution in [0.25, 0.3) is 22.5 Å². The number of rotatable bonds is 13. The molecule has 1 aromatic heterocycles. The lowest BCUT2D eigenvalue weighted by Crippen LogP contribution is -2.07. The van der Waals surface area contributed by atoms with Gasteiger partial charge in [-0.05, 0) is 48.4 Å². The molecule has 0 bridgehead atoms. The maximum Gasteiger partial charge on any atom is 0.311 e. The van der Waals surface area contributed by atoms with Gasteiger partial charge in [-0.2, -0.15) is 0 Å². The van der Waals surface area contributed by atoms with E-state index in [1.807, 2.05) is 36.7 Å². The second-order valence-corrected chi connectivity index (χ2v) is 9.21. The molecule has 0 fully saturated rings. The van der Waals surface area contributed by atoms with Gasteiger partial charge in [0.15, 0.2) is 5.82 Å². The topological polar surface area (TPSA) is 52.1 Å². The highest BCUT2D eigenvalue weighted by atomic mass is 16.5. The third-order valence-corrected chi connectivity index (χ3v) is 6.38. The Morgan fingerprint density at radius 3 is 2.15 bits per heavy atom. The van der Waals surface area contributed by atoms with Gasteiger partial charge in [-0.25, -0.2) is 9.97 Å². The Morgan fingerprint density at radius 2 is 1.50 bits per heavy atom. The SMILES string of the molecule is CCCCc1ccc(-c2ncc(-c3ccc(OC(=O)CCCCCC(C)CC)cc3)cn2)cc1. The zero-order valence-corrected chi connectivity index (χ0v) is 20.9. The van der Waals surface area contributed by atoms with E-state index in [9.17, 15) is 4.79 Å². The number of carbonyl (C=O) groups is 1. The van der Waals surface area contributed by atoms with Gasteiger partial charge in [0.2, 0.25) is 0 Å². The number of esters is 1. The number of ether oxygens (including phenoxy) is 1. The molecule has 1 unspecified atom stereocenters. The van der Waals surface area contributed by atoms with Crippen LogP contribution in [0, 0.1) is 5.92 Å². The molecule has 3 aromatic rings. The van der Waals surface area contributed by atoms with Crippen molar-refractivity contribution in [1.82, 2.24) is 9.97 Å². The summed E-state index contributed by atoms with van der Waals surface area (Å²) in [6, 6.07) is 16.1. The summed E-state index contributed by atoms with van der Waals surface area (Å²) in [6.45, 7) is 6.72. The lowest BCUT2D eigenvalue weighted by molar-refractivity contribution is -0.134. The van der Waals surface area contributed by atoms with E-state index in [2.05, 4.69) is 55.0 Å². The number of aromatic nitrogens is 2. The lowest BCUT2D eigenvalue weighted by atomic mass is 10.0. The first-order valence-corrected chi connectivity index (χ1v) is 12.8. The minimum atomic E-state index is -0.162. The quantitative estimate of drug-likeness (QED) is 0.148. The van der Waals surface area contributed by atoms with Crippen LogP contribution in [-0.2, 0) is 11.2 Å². The molecule has 0 aliphatic rings. The molecule has 1 heterocycles. The summed E-state index contributed by atoms with van der Waals surface area (Å²) in [5.74, 6) is 1.91. The van der Waals surface area contributed by atoms with Gasteiger partial charge in [-0.3, -0.25) is 4.79 Å². The summed E-state index contributed by atoms with van der Waals surface area (Å²) in [6.07, 6.45) is 13.3. The lowest BCUT2D eigenvalue weighted by Gasteiger charge is -2.08. The Kier molecular flexibility index (Phi) is 10.3. The van der Waals surface area contributed by atoms with E-state index in [1.165, 1.54) is 37.7 Å². The molecule has 0 saturated carbocycles. The normalized spacial score (nSPS) is 11.9. The molecule has 0 aliphatic heterocycles. The first-order valence-electron chi connectivity index (χ1n) is 12.8. The van der Waals surface area contributed by atoms with Gasteiger partial charge >= 0.3 is 5.97 Å². The van der Waals surface area contributed by atoms with Gasteiger partial charge in [0.1, 0.15) is 5.75 Å². The van der Waals surface area contributed by atoms with Crippen LogP contribution in [0.1, 0.15) is 77.7 Å². The van der Waals surface area contributed by atoms with Crippen molar-refractivity contribution in [3.63, 3.8) is 0 Å². The number of aryl methyl sites for hydroxylation is 1. The second-order valence-electron chi connectivity index (χ2n) is 9.21. The van der Waals surface area contributed by atoms with Crippen molar-refractivity contribution in [3.8, 4) is 28.3 Å². The van der Waals surface area contributed by atoms with Crippen LogP contribution >= 0.6 is 0 Å². The average molecular weight is 459 g/mol. The molecule has 0 aliphatic carbocycles. The fourth-order valence-electron chi connectivity index (χ4n) is 3.87. The number of hydrogen-bond donors (Lipinski definition) is 0. The molecule has 0 spiro atoms. The minimum absolute atomic E-state index is 0.162. The summed E-state index contributed by atoms with van der Waals surface area (Å²) in [4.78, 5) is 21.2. The van der Waals surface area contributed by atoms with Gasteiger partial charge < -0.3 is 4.74 Å². The molecule has 0 radical (unpaired) electrons. The Bertz CT molecular complexity index is 995. The van der Waals surface area contributed by atoms with Crippen LogP contribution in [0.2, 0.25) is 0 Å². The summed E-state index contributed by atoms with van der Waals surface area (Å²) >= 11 is 0. The highest BCUT2D eigenvalue weighted by Gasteiger charge is 2.08. The average Bonchev–Trinajstić information content (AvgIpc) is 2.88. The molecule has 3 rings (SSSR count). The maximum atomic E-state index is 12.1. The van der Waals surface area contributed by atoms with Gasteiger partial charge in [0, 0.05) is 29.9 Å². The van der Waals surface area contributed by atoms with Crippen molar-refractivity contribution in [2.75, 3.05) is 0 Å². The smallest absolute Gasteiger partial charge is 0.311 e. The van der Waals surface area contributed by atoms with Crippen LogP contribution in [0.5, 0.6) is 5.75 Å². The summed E-state index contributed by atoms with van der Waals surface area (Å²) in [7, 11) is 0. The Morgan fingerprint density at radius 1 is 0.824 bits per heavy atom. The first-order chi connectivity index (χ1) is 16.6. The fourth-order valence-corrected chi connectivity index (χ4v) is 3.87. The van der Waals surface area contributed by atoms with E-state index in [0.29, 0.717) is 12.2 Å². The highest BCUT2D eigenvalue weighted by molar-refractivity contribution is 5.73. The van der Waals surface area contributed by atoms with E-state index >= 15 is 0 Å². The van der Waals surface area contributed by atoms with E-state index in [0.717, 1.165) is 47.7 Å². The van der Waals surface area contributed by atoms with Gasteiger partial charge in [-0.15, -0.1) is 0 Å². The van der Waals surface area contributed by atoms with Crippen molar-refractivity contribution in [1.29, 1.82) is 0 Å². The van der Waals surface area contributed by atoms with Crippen molar-refractivity contribution < 1.29 is 9.53 Å². The highest BCUT2D eigenvalue weighted by Crippen LogP contribution is 2.24. The van der Waals surface area contributed by atoms with E-state index in [1.54, 1.807) is 0 Å². The van der Waals surface area contributed by atoms with Crippen LogP contribution in [0.15, 0.2) is 60.9 Å². The first kappa shape index (κ1) is 25.6. The van der Waals surface area contributed by atoms with Crippen molar-refractivity contribution in [2.45, 2.75) is 78.6 Å². The molecule has 0 N–H and O–H groups in total. The van der Waals surface area contributed by atoms with Crippen molar-refractivity contribution >= 4 is 5.97 Å². The predicted molar refractivity (Wildman–Crippen MR) is 140 cm³/mol. The second kappa shape index (κ2) is 13.6. The largest absolute Gasteiger partial charge is 0.427 e. The standard InChI is InChI=1S/C30H38N2O2/c1-4-6-11-24-13-15-26(16-14-24)30-31-21-27(22-32-30)25-17-19-28(20-18-25)34-29(33)12-9-7-8-10-23(3)5-2/h13-23H,4-12H2,1-3H3. The number of hydrogen-bond acceptors (Lipinski definition) is 4. The molecular weight excluding hydrogens is 420 g/mol. The van der Waals surface area contributed by atoms with Crippen LogP contribution in [0.4, 0.5) is 0 Å². The van der Waals surface area contributed by atoms with Crippen molar-refractivity contribution in [3.05, 3.63) is 66.5 Å². The summed E-state index contributed by atoms with van der Waals surface area (Å²) < 4.78 is 5.49. The molecule has 34 heavy (non-hydrogen) atoms. The molecule has 2 aromatic carbocycles. The Labute approximate surface area is 204 Å². The Balaban J connectivity index is 1.49. The third-order valence-electron chi connectivity index (χ3n) is 6.38. The van der Waals surface area contributed by atoms with Gasteiger partial charge in [-0.1, -0.05) is 89.3 Å². The minimum Gasteiger partial charge on any atom is -0.427 e. The number of unbranched alkanes of at least 4 members (excludes halogenated alkanes) is 3.